The number of hydrogen-bond acceptors (Lipinski definition) is 4. The van der Waals surface area contributed by atoms with Gasteiger partial charge in [-0.05, 0) is 24.8 Å². The van der Waals surface area contributed by atoms with Crippen LogP contribution in [0, 0.1) is 17.2 Å². The number of carbonyl (C=O) groups is 1. The van der Waals surface area contributed by atoms with Crippen molar-refractivity contribution in [3.63, 3.8) is 0 Å². The average molecular weight is 346 g/mol. The van der Waals surface area contributed by atoms with E-state index in [9.17, 15) is 10.1 Å². The standard InChI is InChI=1S/C19H18N6O/c20-7-5-15(11-3-1-2-4-11)25-10-14-12-6-8-21-18-16(12)13(9-22-18)19(26)23-17(14)24-25/h6,8-11,15H,1-5H2,(H,21,22)(H,23,24,26). The Balaban J connectivity index is 1.67. The number of pyridine rings is 1. The van der Waals surface area contributed by atoms with E-state index in [-0.39, 0.29) is 11.9 Å². The van der Waals surface area contributed by atoms with Gasteiger partial charge in [0.25, 0.3) is 5.91 Å². The summed E-state index contributed by atoms with van der Waals surface area (Å²) in [6.07, 6.45) is 10.5. The Kier molecular flexibility index (Phi) is 3.32. The molecule has 3 aromatic rings. The zero-order valence-electron chi connectivity index (χ0n) is 14.2. The van der Waals surface area contributed by atoms with E-state index in [1.807, 2.05) is 16.9 Å². The molecular weight excluding hydrogens is 328 g/mol. The third kappa shape index (κ3) is 2.15. The molecule has 1 fully saturated rings. The van der Waals surface area contributed by atoms with E-state index in [2.05, 4.69) is 26.5 Å². The van der Waals surface area contributed by atoms with Gasteiger partial charge in [0.05, 0.1) is 24.1 Å². The second-order valence-corrected chi connectivity index (χ2v) is 7.08. The first-order chi connectivity index (χ1) is 12.8. The van der Waals surface area contributed by atoms with Crippen molar-refractivity contribution in [2.24, 2.45) is 5.92 Å². The van der Waals surface area contributed by atoms with Crippen molar-refractivity contribution in [2.75, 3.05) is 5.32 Å². The maximum Gasteiger partial charge on any atom is 0.259 e. The maximum absolute atomic E-state index is 12.6. The fraction of sp³-hybridized carbons (Fsp3) is 0.368. The van der Waals surface area contributed by atoms with Crippen LogP contribution in [0.2, 0.25) is 0 Å². The van der Waals surface area contributed by atoms with Crippen molar-refractivity contribution < 1.29 is 4.79 Å². The Morgan fingerprint density at radius 1 is 1.31 bits per heavy atom. The zero-order valence-corrected chi connectivity index (χ0v) is 14.2. The highest BCUT2D eigenvalue weighted by Gasteiger charge is 2.30. The molecule has 2 N–H and O–H groups in total. The molecule has 0 aromatic carbocycles. The van der Waals surface area contributed by atoms with Crippen molar-refractivity contribution in [3.05, 3.63) is 30.2 Å². The smallest absolute Gasteiger partial charge is 0.259 e. The summed E-state index contributed by atoms with van der Waals surface area (Å²) in [6, 6.07) is 4.28. The summed E-state index contributed by atoms with van der Waals surface area (Å²) in [5.74, 6) is 0.834. The van der Waals surface area contributed by atoms with E-state index in [0.29, 0.717) is 29.4 Å². The van der Waals surface area contributed by atoms with E-state index in [4.69, 9.17) is 0 Å². The number of H-pyrrole nitrogens is 1. The first-order valence-corrected chi connectivity index (χ1v) is 9.00. The molecule has 4 heterocycles. The monoisotopic (exact) mass is 346 g/mol. The molecule has 0 radical (unpaired) electrons. The lowest BCUT2D eigenvalue weighted by Crippen LogP contribution is -2.18. The number of aromatic nitrogens is 4. The Bertz CT molecular complexity index is 1050. The van der Waals surface area contributed by atoms with Crippen LogP contribution in [-0.4, -0.2) is 25.7 Å². The molecule has 7 heteroatoms. The Morgan fingerprint density at radius 3 is 2.96 bits per heavy atom. The fourth-order valence-electron chi connectivity index (χ4n) is 4.40. The Morgan fingerprint density at radius 2 is 2.15 bits per heavy atom. The summed E-state index contributed by atoms with van der Waals surface area (Å²) >= 11 is 0. The summed E-state index contributed by atoms with van der Waals surface area (Å²) in [6.45, 7) is 0. The second kappa shape index (κ2) is 5.70. The summed E-state index contributed by atoms with van der Waals surface area (Å²) < 4.78 is 1.90. The number of anilines is 1. The third-order valence-corrected chi connectivity index (χ3v) is 5.66. The van der Waals surface area contributed by atoms with Crippen molar-refractivity contribution in [3.8, 4) is 17.2 Å². The second-order valence-electron chi connectivity index (χ2n) is 7.08. The number of rotatable bonds is 3. The lowest BCUT2D eigenvalue weighted by atomic mass is 9.96. The van der Waals surface area contributed by atoms with Gasteiger partial charge >= 0.3 is 0 Å². The molecule has 3 aromatic heterocycles. The quantitative estimate of drug-likeness (QED) is 0.756. The van der Waals surface area contributed by atoms with E-state index in [1.165, 1.54) is 12.8 Å². The molecule has 0 bridgehead atoms. The molecule has 0 spiro atoms. The molecule has 7 nitrogen and oxygen atoms in total. The highest BCUT2D eigenvalue weighted by molar-refractivity contribution is 6.19. The summed E-state index contributed by atoms with van der Waals surface area (Å²) in [5.41, 5.74) is 3.09. The largest absolute Gasteiger partial charge is 0.345 e. The molecule has 5 rings (SSSR count). The molecule has 1 aliphatic carbocycles. The lowest BCUT2D eigenvalue weighted by Gasteiger charge is -2.21. The van der Waals surface area contributed by atoms with Gasteiger partial charge in [-0.1, -0.05) is 12.8 Å². The van der Waals surface area contributed by atoms with Gasteiger partial charge in [-0.2, -0.15) is 10.4 Å². The molecule has 0 saturated heterocycles. The highest BCUT2D eigenvalue weighted by atomic mass is 16.1. The van der Waals surface area contributed by atoms with Crippen molar-refractivity contribution in [1.82, 2.24) is 19.7 Å². The molecule has 1 atom stereocenters. The van der Waals surface area contributed by atoms with Gasteiger partial charge in [0.1, 0.15) is 5.65 Å². The minimum absolute atomic E-state index is 0.0503. The Labute approximate surface area is 150 Å². The van der Waals surface area contributed by atoms with Gasteiger partial charge < -0.3 is 10.3 Å². The molecule has 2 aliphatic rings. The van der Waals surface area contributed by atoms with Crippen LogP contribution in [0.4, 0.5) is 5.82 Å². The van der Waals surface area contributed by atoms with Gasteiger partial charge in [0.2, 0.25) is 0 Å². The normalized spacial score (nSPS) is 17.6. The van der Waals surface area contributed by atoms with Crippen LogP contribution in [0.3, 0.4) is 0 Å². The summed E-state index contributed by atoms with van der Waals surface area (Å²) in [5, 5.41) is 17.7. The van der Waals surface area contributed by atoms with E-state index >= 15 is 0 Å². The van der Waals surface area contributed by atoms with Gasteiger partial charge in [0, 0.05) is 35.1 Å². The minimum atomic E-state index is -0.188. The minimum Gasteiger partial charge on any atom is -0.345 e. The predicted octanol–water partition coefficient (Wildman–Crippen LogP) is 3.64. The topological polar surface area (TPSA) is 99.4 Å². The maximum atomic E-state index is 12.6. The molecular formula is C19H18N6O. The van der Waals surface area contributed by atoms with E-state index < -0.39 is 0 Å². The molecule has 130 valence electrons. The fourth-order valence-corrected chi connectivity index (χ4v) is 4.40. The number of aromatic amines is 1. The summed E-state index contributed by atoms with van der Waals surface area (Å²) in [7, 11) is 0. The molecule has 26 heavy (non-hydrogen) atoms. The first-order valence-electron chi connectivity index (χ1n) is 9.00. The van der Waals surface area contributed by atoms with Crippen LogP contribution in [0.15, 0.2) is 24.7 Å². The van der Waals surface area contributed by atoms with Crippen LogP contribution in [-0.2, 0) is 0 Å². The van der Waals surface area contributed by atoms with Crippen LogP contribution in [0.5, 0.6) is 0 Å². The number of nitriles is 1. The molecule has 1 unspecified atom stereocenters. The number of nitrogens with zero attached hydrogens (tertiary/aromatic N) is 4. The van der Waals surface area contributed by atoms with Crippen molar-refractivity contribution >= 4 is 22.8 Å². The first kappa shape index (κ1) is 15.1. The molecule has 1 saturated carbocycles. The van der Waals surface area contributed by atoms with E-state index in [0.717, 1.165) is 29.4 Å². The van der Waals surface area contributed by atoms with Crippen molar-refractivity contribution in [1.29, 1.82) is 5.26 Å². The van der Waals surface area contributed by atoms with Gasteiger partial charge in [0.15, 0.2) is 5.82 Å². The van der Waals surface area contributed by atoms with Crippen molar-refractivity contribution in [2.45, 2.75) is 38.1 Å². The van der Waals surface area contributed by atoms with Gasteiger partial charge in [-0.25, -0.2) is 4.98 Å². The number of carbonyl (C=O) groups excluding carboxylic acids is 1. The Hall–Kier alpha value is -3.14. The van der Waals surface area contributed by atoms with Crippen LogP contribution in [0.1, 0.15) is 48.5 Å². The van der Waals surface area contributed by atoms with E-state index in [1.54, 1.807) is 12.4 Å². The number of fused-ring (bicyclic) bond motifs is 2. The van der Waals surface area contributed by atoms with Gasteiger partial charge in [-0.15, -0.1) is 0 Å². The molecule has 1 amide bonds. The average Bonchev–Trinajstić information content (AvgIpc) is 3.37. The van der Waals surface area contributed by atoms with Gasteiger partial charge in [-0.3, -0.25) is 9.48 Å². The lowest BCUT2D eigenvalue weighted by molar-refractivity contribution is 0.102. The highest BCUT2D eigenvalue weighted by Crippen LogP contribution is 2.41. The van der Waals surface area contributed by atoms with Crippen LogP contribution < -0.4 is 5.32 Å². The third-order valence-electron chi connectivity index (χ3n) is 5.66. The SMILES string of the molecule is N#CCC(C1CCCC1)n1cc2c(n1)NC(=O)c1c[nH]c3nccc-2c13. The number of hydrogen-bond donors (Lipinski definition) is 2. The van der Waals surface area contributed by atoms with Crippen LogP contribution >= 0.6 is 0 Å². The van der Waals surface area contributed by atoms with Crippen LogP contribution in [0.25, 0.3) is 22.2 Å². The zero-order chi connectivity index (χ0) is 17.7. The number of nitrogens with one attached hydrogen (secondary N) is 2. The molecule has 1 aliphatic heterocycles. The number of amides is 1. The summed E-state index contributed by atoms with van der Waals surface area (Å²) in [4.78, 5) is 20.0. The predicted molar refractivity (Wildman–Crippen MR) is 96.5 cm³/mol.